The number of alkyl halides is 3. The van der Waals surface area contributed by atoms with Crippen LogP contribution < -0.4 is 5.32 Å². The van der Waals surface area contributed by atoms with Gasteiger partial charge < -0.3 is 5.32 Å². The molecule has 0 aliphatic heterocycles. The summed E-state index contributed by atoms with van der Waals surface area (Å²) in [5.74, 6) is 0.0182. The van der Waals surface area contributed by atoms with Crippen molar-refractivity contribution in [2.75, 3.05) is 5.32 Å². The average molecular weight is 389 g/mol. The van der Waals surface area contributed by atoms with Gasteiger partial charge in [-0.1, -0.05) is 39.0 Å². The number of nitrogens with zero attached hydrogens (tertiary/aromatic N) is 2. The minimum absolute atomic E-state index is 0.227. The summed E-state index contributed by atoms with van der Waals surface area (Å²) in [6.45, 7) is 7.66. The van der Waals surface area contributed by atoms with E-state index in [0.717, 1.165) is 17.8 Å². The van der Waals surface area contributed by atoms with Crippen molar-refractivity contribution in [3.8, 4) is 11.3 Å². The minimum atomic E-state index is -4.46. The zero-order valence-corrected chi connectivity index (χ0v) is 16.2. The first kappa shape index (κ1) is 19.9. The molecule has 2 aromatic heterocycles. The number of aromatic nitrogens is 2. The molecule has 0 fully saturated rings. The summed E-state index contributed by atoms with van der Waals surface area (Å²) in [7, 11) is 0. The van der Waals surface area contributed by atoms with E-state index < -0.39 is 11.7 Å². The number of aryl methyl sites for hydroxylation is 1. The van der Waals surface area contributed by atoms with Crippen LogP contribution in [0.15, 0.2) is 42.5 Å². The van der Waals surface area contributed by atoms with Crippen LogP contribution >= 0.6 is 0 Å². The lowest BCUT2D eigenvalue weighted by Crippen LogP contribution is -2.20. The van der Waals surface area contributed by atoms with Gasteiger partial charge in [0.25, 0.3) is 0 Å². The lowest BCUT2D eigenvalue weighted by atomic mass is 9.92. The van der Waals surface area contributed by atoms with Crippen molar-refractivity contribution in [1.82, 2.24) is 9.38 Å². The normalized spacial score (nSPS) is 12.4. The molecule has 0 saturated heterocycles. The molecule has 1 amide bonds. The number of imidazole rings is 1. The Hall–Kier alpha value is -2.83. The molecule has 0 radical (unpaired) electrons. The molecule has 3 rings (SSSR count). The van der Waals surface area contributed by atoms with E-state index in [1.54, 1.807) is 16.5 Å². The zero-order valence-electron chi connectivity index (χ0n) is 16.2. The van der Waals surface area contributed by atoms with Crippen molar-refractivity contribution in [3.63, 3.8) is 0 Å². The van der Waals surface area contributed by atoms with Crippen LogP contribution in [0.25, 0.3) is 16.9 Å². The highest BCUT2D eigenvalue weighted by Gasteiger charge is 2.31. The number of rotatable bonds is 3. The van der Waals surface area contributed by atoms with Gasteiger partial charge in [0.05, 0.1) is 11.3 Å². The highest BCUT2D eigenvalue weighted by Crippen LogP contribution is 2.35. The van der Waals surface area contributed by atoms with Crippen molar-refractivity contribution in [2.45, 2.75) is 40.3 Å². The third-order valence-electron chi connectivity index (χ3n) is 4.25. The van der Waals surface area contributed by atoms with Gasteiger partial charge in [-0.05, 0) is 36.6 Å². The number of carbonyl (C=O) groups is 1. The molecular weight excluding hydrogens is 367 g/mol. The van der Waals surface area contributed by atoms with Crippen molar-refractivity contribution >= 4 is 17.4 Å². The van der Waals surface area contributed by atoms with E-state index in [-0.39, 0.29) is 23.6 Å². The standard InChI is InChI=1S/C21H22F3N3O/c1-13-7-5-10-16-25-19(26-17(28)12-20(2,3)4)18(27(13)16)14-8-6-9-15(11-14)21(22,23)24/h5-11H,12H2,1-4H3,(H,26,28). The highest BCUT2D eigenvalue weighted by atomic mass is 19.4. The Kier molecular flexibility index (Phi) is 4.95. The van der Waals surface area contributed by atoms with Gasteiger partial charge in [-0.25, -0.2) is 4.98 Å². The summed E-state index contributed by atoms with van der Waals surface area (Å²) >= 11 is 0. The molecule has 0 atom stereocenters. The first-order valence-electron chi connectivity index (χ1n) is 8.91. The quantitative estimate of drug-likeness (QED) is 0.624. The van der Waals surface area contributed by atoms with Crippen LogP contribution in [0, 0.1) is 12.3 Å². The highest BCUT2D eigenvalue weighted by molar-refractivity contribution is 5.94. The summed E-state index contributed by atoms with van der Waals surface area (Å²) < 4.78 is 41.4. The van der Waals surface area contributed by atoms with Gasteiger partial charge in [-0.15, -0.1) is 0 Å². The molecule has 3 aromatic rings. The minimum Gasteiger partial charge on any atom is -0.309 e. The second-order valence-electron chi connectivity index (χ2n) is 8.03. The van der Waals surface area contributed by atoms with Gasteiger partial charge in [0.15, 0.2) is 5.82 Å². The third kappa shape index (κ3) is 4.18. The Morgan fingerprint density at radius 2 is 1.79 bits per heavy atom. The molecule has 0 aliphatic rings. The van der Waals surface area contributed by atoms with Crippen LogP contribution in [0.5, 0.6) is 0 Å². The molecule has 1 aromatic carbocycles. The van der Waals surface area contributed by atoms with E-state index in [4.69, 9.17) is 0 Å². The molecule has 0 aliphatic carbocycles. The van der Waals surface area contributed by atoms with Crippen molar-refractivity contribution < 1.29 is 18.0 Å². The van der Waals surface area contributed by atoms with E-state index in [2.05, 4.69) is 10.3 Å². The maximum Gasteiger partial charge on any atom is 0.416 e. The molecule has 28 heavy (non-hydrogen) atoms. The van der Waals surface area contributed by atoms with Crippen LogP contribution in [0.2, 0.25) is 0 Å². The first-order valence-corrected chi connectivity index (χ1v) is 8.91. The predicted molar refractivity (Wildman–Crippen MR) is 103 cm³/mol. The Balaban J connectivity index is 2.16. The fraction of sp³-hybridized carbons (Fsp3) is 0.333. The molecule has 0 bridgehead atoms. The number of fused-ring (bicyclic) bond motifs is 1. The Labute approximate surface area is 161 Å². The summed E-state index contributed by atoms with van der Waals surface area (Å²) in [4.78, 5) is 16.9. The lowest BCUT2D eigenvalue weighted by molar-refractivity contribution is -0.137. The Morgan fingerprint density at radius 3 is 2.43 bits per heavy atom. The van der Waals surface area contributed by atoms with Gasteiger partial charge in [0.2, 0.25) is 5.91 Å². The summed E-state index contributed by atoms with van der Waals surface area (Å²) in [6.07, 6.45) is -4.19. The molecule has 2 heterocycles. The molecule has 0 unspecified atom stereocenters. The van der Waals surface area contributed by atoms with Gasteiger partial charge >= 0.3 is 6.18 Å². The summed E-state index contributed by atoms with van der Waals surface area (Å²) in [6, 6.07) is 10.5. The second kappa shape index (κ2) is 6.96. The lowest BCUT2D eigenvalue weighted by Gasteiger charge is -2.17. The molecule has 4 nitrogen and oxygen atoms in total. The van der Waals surface area contributed by atoms with E-state index in [0.29, 0.717) is 16.9 Å². The van der Waals surface area contributed by atoms with Crippen molar-refractivity contribution in [3.05, 3.63) is 53.7 Å². The molecule has 1 N–H and O–H groups in total. The number of benzene rings is 1. The maximum atomic E-state index is 13.2. The fourth-order valence-corrected chi connectivity index (χ4v) is 3.11. The Morgan fingerprint density at radius 1 is 1.11 bits per heavy atom. The number of halogens is 3. The summed E-state index contributed by atoms with van der Waals surface area (Å²) in [5.41, 5.74) is 1.15. The number of carbonyl (C=O) groups excluding carboxylic acids is 1. The van der Waals surface area contributed by atoms with Crippen LogP contribution in [0.3, 0.4) is 0 Å². The van der Waals surface area contributed by atoms with Crippen LogP contribution in [0.1, 0.15) is 38.4 Å². The van der Waals surface area contributed by atoms with Crippen LogP contribution in [-0.2, 0) is 11.0 Å². The average Bonchev–Trinajstić information content (AvgIpc) is 2.91. The zero-order chi connectivity index (χ0) is 20.7. The predicted octanol–water partition coefficient (Wildman–Crippen LogP) is 5.70. The van der Waals surface area contributed by atoms with Crippen molar-refractivity contribution in [1.29, 1.82) is 0 Å². The molecule has 148 valence electrons. The van der Waals surface area contributed by atoms with Crippen LogP contribution in [0.4, 0.5) is 19.0 Å². The first-order chi connectivity index (χ1) is 13.0. The molecule has 0 saturated carbocycles. The third-order valence-corrected chi connectivity index (χ3v) is 4.25. The largest absolute Gasteiger partial charge is 0.416 e. The van der Waals surface area contributed by atoms with Gasteiger partial charge in [0, 0.05) is 17.7 Å². The molecule has 7 heteroatoms. The van der Waals surface area contributed by atoms with E-state index in [1.807, 2.05) is 39.8 Å². The summed E-state index contributed by atoms with van der Waals surface area (Å²) in [5, 5.41) is 2.79. The number of hydrogen-bond donors (Lipinski definition) is 1. The number of amides is 1. The van der Waals surface area contributed by atoms with E-state index in [9.17, 15) is 18.0 Å². The smallest absolute Gasteiger partial charge is 0.309 e. The van der Waals surface area contributed by atoms with E-state index >= 15 is 0 Å². The van der Waals surface area contributed by atoms with Crippen molar-refractivity contribution in [2.24, 2.45) is 5.41 Å². The Bertz CT molecular complexity index is 1030. The topological polar surface area (TPSA) is 46.4 Å². The SMILES string of the molecule is Cc1cccc2nc(NC(=O)CC(C)(C)C)c(-c3cccc(C(F)(F)F)c3)n12. The van der Waals surface area contributed by atoms with Gasteiger partial charge in [-0.3, -0.25) is 9.20 Å². The second-order valence-corrected chi connectivity index (χ2v) is 8.03. The monoisotopic (exact) mass is 389 g/mol. The number of hydrogen-bond acceptors (Lipinski definition) is 2. The number of anilines is 1. The number of nitrogens with one attached hydrogen (secondary N) is 1. The molecular formula is C21H22F3N3O. The van der Waals surface area contributed by atoms with Crippen LogP contribution in [-0.4, -0.2) is 15.3 Å². The number of pyridine rings is 1. The van der Waals surface area contributed by atoms with Gasteiger partial charge in [0.1, 0.15) is 5.65 Å². The van der Waals surface area contributed by atoms with Gasteiger partial charge in [-0.2, -0.15) is 13.2 Å². The van der Waals surface area contributed by atoms with E-state index in [1.165, 1.54) is 6.07 Å². The fourth-order valence-electron chi connectivity index (χ4n) is 3.11. The molecule has 0 spiro atoms. The maximum absolute atomic E-state index is 13.2.